The highest BCUT2D eigenvalue weighted by Gasteiger charge is 2.16. The molecule has 0 fully saturated rings. The Morgan fingerprint density at radius 2 is 0.745 bits per heavy atom. The van der Waals surface area contributed by atoms with Gasteiger partial charge in [0.2, 0.25) is 11.8 Å². The predicted octanol–water partition coefficient (Wildman–Crippen LogP) is 12.7. The lowest BCUT2D eigenvalue weighted by Gasteiger charge is -2.26. The Kier molecular flexibility index (Phi) is 6.74. The first-order chi connectivity index (χ1) is 25.2. The fraction of sp³-hybridized carbons (Fsp3) is 0. The maximum Gasteiger partial charge on any atom is 0.227 e. The Hall–Kier alpha value is -6.98. The zero-order valence-electron chi connectivity index (χ0n) is 27.4. The van der Waals surface area contributed by atoms with Gasteiger partial charge >= 0.3 is 0 Å². The third-order valence-corrected chi connectivity index (χ3v) is 9.50. The molecule has 51 heavy (non-hydrogen) atoms. The van der Waals surface area contributed by atoms with Gasteiger partial charge in [-0.2, -0.15) is 0 Å². The monoisotopic (exact) mass is 655 g/mol. The summed E-state index contributed by atoms with van der Waals surface area (Å²) in [5.74, 6) is 1.20. The van der Waals surface area contributed by atoms with Crippen molar-refractivity contribution in [1.82, 2.24) is 9.97 Å². The number of hydrogen-bond acceptors (Lipinski definition) is 5. The summed E-state index contributed by atoms with van der Waals surface area (Å²) in [5.41, 5.74) is 10.5. The number of fused-ring (bicyclic) bond motifs is 4. The van der Waals surface area contributed by atoms with Crippen molar-refractivity contribution in [2.75, 3.05) is 4.90 Å². The molecule has 10 rings (SSSR count). The van der Waals surface area contributed by atoms with Crippen molar-refractivity contribution in [2.24, 2.45) is 0 Å². The minimum absolute atomic E-state index is 0.602. The molecule has 0 aliphatic carbocycles. The Labute approximate surface area is 293 Å². The number of nitrogens with zero attached hydrogens (tertiary/aromatic N) is 3. The lowest BCUT2D eigenvalue weighted by Crippen LogP contribution is -2.09. The van der Waals surface area contributed by atoms with Crippen LogP contribution in [0.25, 0.3) is 77.8 Å². The number of rotatable bonds is 6. The molecule has 0 bridgehead atoms. The first kappa shape index (κ1) is 29.0. The zero-order chi connectivity index (χ0) is 33.7. The molecule has 2 aromatic heterocycles. The lowest BCUT2D eigenvalue weighted by atomic mass is 9.98. The van der Waals surface area contributed by atoms with Crippen LogP contribution in [0, 0.1) is 0 Å². The van der Waals surface area contributed by atoms with Gasteiger partial charge in [0, 0.05) is 28.2 Å². The Morgan fingerprint density at radius 3 is 1.25 bits per heavy atom. The average molecular weight is 656 g/mol. The van der Waals surface area contributed by atoms with E-state index in [0.29, 0.717) is 11.8 Å². The SMILES string of the molecule is c1ccc2cc3cc(-c4ccc(N(c5ccc(-c6nc7ccccc7o6)cc5)c5ccc(-c6nc7ccccc7o6)cc5)cc4)ccc3cc2c1. The molecule has 0 aliphatic heterocycles. The summed E-state index contributed by atoms with van der Waals surface area (Å²) in [5, 5.41) is 4.97. The highest BCUT2D eigenvalue weighted by Crippen LogP contribution is 2.38. The molecule has 0 atom stereocenters. The molecule has 8 aromatic carbocycles. The number of anilines is 3. The van der Waals surface area contributed by atoms with Crippen LogP contribution in [0.1, 0.15) is 0 Å². The number of para-hydroxylation sites is 4. The molecule has 2 heterocycles. The third kappa shape index (κ3) is 5.29. The van der Waals surface area contributed by atoms with E-state index in [1.54, 1.807) is 0 Å². The van der Waals surface area contributed by atoms with Gasteiger partial charge < -0.3 is 13.7 Å². The van der Waals surface area contributed by atoms with E-state index >= 15 is 0 Å². The maximum atomic E-state index is 6.06. The van der Waals surface area contributed by atoms with Crippen molar-refractivity contribution < 1.29 is 8.83 Å². The Balaban J connectivity index is 1.02. The first-order valence-electron chi connectivity index (χ1n) is 17.0. The van der Waals surface area contributed by atoms with Gasteiger partial charge in [0.05, 0.1) is 0 Å². The molecule has 240 valence electrons. The second-order valence-electron chi connectivity index (χ2n) is 12.7. The number of aromatic nitrogens is 2. The van der Waals surface area contributed by atoms with Gasteiger partial charge in [0.1, 0.15) is 11.0 Å². The smallest absolute Gasteiger partial charge is 0.227 e. The van der Waals surface area contributed by atoms with E-state index in [9.17, 15) is 0 Å². The fourth-order valence-corrected chi connectivity index (χ4v) is 6.87. The molecule has 0 amide bonds. The van der Waals surface area contributed by atoms with Gasteiger partial charge in [0.25, 0.3) is 0 Å². The highest BCUT2D eigenvalue weighted by molar-refractivity contribution is 5.99. The summed E-state index contributed by atoms with van der Waals surface area (Å²) in [6.07, 6.45) is 0. The van der Waals surface area contributed by atoms with Crippen LogP contribution in [0.15, 0.2) is 185 Å². The molecule has 0 N–H and O–H groups in total. The first-order valence-corrected chi connectivity index (χ1v) is 17.0. The number of hydrogen-bond donors (Lipinski definition) is 0. The van der Waals surface area contributed by atoms with Gasteiger partial charge in [-0.15, -0.1) is 0 Å². The van der Waals surface area contributed by atoms with Gasteiger partial charge in [-0.05, 0) is 136 Å². The molecule has 5 heteroatoms. The number of oxazole rings is 2. The molecule has 0 aliphatic rings. The number of benzene rings is 8. The third-order valence-electron chi connectivity index (χ3n) is 9.50. The van der Waals surface area contributed by atoms with Crippen LogP contribution in [0.2, 0.25) is 0 Å². The Morgan fingerprint density at radius 1 is 0.333 bits per heavy atom. The van der Waals surface area contributed by atoms with Crippen molar-refractivity contribution in [1.29, 1.82) is 0 Å². The minimum atomic E-state index is 0.602. The molecular weight excluding hydrogens is 627 g/mol. The van der Waals surface area contributed by atoms with E-state index in [4.69, 9.17) is 18.8 Å². The van der Waals surface area contributed by atoms with E-state index in [-0.39, 0.29) is 0 Å². The summed E-state index contributed by atoms with van der Waals surface area (Å²) in [7, 11) is 0. The molecule has 0 saturated heterocycles. The molecule has 0 saturated carbocycles. The second-order valence-corrected chi connectivity index (χ2v) is 12.7. The largest absolute Gasteiger partial charge is 0.436 e. The Bertz CT molecular complexity index is 2670. The maximum absolute atomic E-state index is 6.06. The van der Waals surface area contributed by atoms with Crippen LogP contribution in [-0.2, 0) is 0 Å². The van der Waals surface area contributed by atoms with Gasteiger partial charge in [-0.1, -0.05) is 72.8 Å². The van der Waals surface area contributed by atoms with Crippen molar-refractivity contribution in [3.8, 4) is 34.0 Å². The fourth-order valence-electron chi connectivity index (χ4n) is 6.87. The predicted molar refractivity (Wildman–Crippen MR) is 208 cm³/mol. The van der Waals surface area contributed by atoms with Gasteiger partial charge in [-0.25, -0.2) is 9.97 Å². The quantitative estimate of drug-likeness (QED) is 0.167. The van der Waals surface area contributed by atoms with Gasteiger partial charge in [-0.3, -0.25) is 0 Å². The van der Waals surface area contributed by atoms with Crippen molar-refractivity contribution in [3.05, 3.63) is 176 Å². The average Bonchev–Trinajstić information content (AvgIpc) is 3.83. The summed E-state index contributed by atoms with van der Waals surface area (Å²) in [4.78, 5) is 11.7. The molecule has 0 unspecified atom stereocenters. The second kappa shape index (κ2) is 11.9. The van der Waals surface area contributed by atoms with Crippen LogP contribution >= 0.6 is 0 Å². The van der Waals surface area contributed by atoms with Gasteiger partial charge in [0.15, 0.2) is 11.2 Å². The summed E-state index contributed by atoms with van der Waals surface area (Å²) in [6.45, 7) is 0. The highest BCUT2D eigenvalue weighted by atomic mass is 16.4. The van der Waals surface area contributed by atoms with Crippen LogP contribution in [0.4, 0.5) is 17.1 Å². The minimum Gasteiger partial charge on any atom is -0.436 e. The summed E-state index contributed by atoms with van der Waals surface area (Å²) >= 11 is 0. The standard InChI is InChI=1S/C46H29N3O2/c1-2-8-34-28-37-29-35(13-14-36(37)27-33(34)7-1)30-15-21-38(22-16-30)49(39-23-17-31(18-24-39)45-47-41-9-3-5-11-43(41)50-45)40-25-19-32(20-26-40)46-48-42-10-4-6-12-44(42)51-46/h1-29H. The molecular formula is C46H29N3O2. The van der Waals surface area contributed by atoms with Crippen LogP contribution in [0.5, 0.6) is 0 Å². The van der Waals surface area contributed by atoms with Crippen LogP contribution in [-0.4, -0.2) is 9.97 Å². The van der Waals surface area contributed by atoms with Crippen LogP contribution < -0.4 is 4.90 Å². The van der Waals surface area contributed by atoms with Crippen molar-refractivity contribution in [3.63, 3.8) is 0 Å². The molecule has 10 aromatic rings. The summed E-state index contributed by atoms with van der Waals surface area (Å²) < 4.78 is 12.1. The van der Waals surface area contributed by atoms with Crippen molar-refractivity contribution >= 4 is 60.8 Å². The molecule has 5 nitrogen and oxygen atoms in total. The van der Waals surface area contributed by atoms with Crippen LogP contribution in [0.3, 0.4) is 0 Å². The van der Waals surface area contributed by atoms with E-state index < -0.39 is 0 Å². The van der Waals surface area contributed by atoms with E-state index in [1.165, 1.54) is 27.1 Å². The topological polar surface area (TPSA) is 55.3 Å². The van der Waals surface area contributed by atoms with Crippen molar-refractivity contribution in [2.45, 2.75) is 0 Å². The lowest BCUT2D eigenvalue weighted by molar-refractivity contribution is 0.619. The molecule has 0 radical (unpaired) electrons. The summed E-state index contributed by atoms with van der Waals surface area (Å²) in [6, 6.07) is 60.9. The zero-order valence-corrected chi connectivity index (χ0v) is 27.4. The van der Waals surface area contributed by atoms with E-state index in [0.717, 1.165) is 56.0 Å². The van der Waals surface area contributed by atoms with E-state index in [1.807, 2.05) is 48.5 Å². The molecule has 0 spiro atoms. The normalized spacial score (nSPS) is 11.5. The van der Waals surface area contributed by atoms with E-state index in [2.05, 4.69) is 132 Å².